The van der Waals surface area contributed by atoms with Gasteiger partial charge in [-0.2, -0.15) is 0 Å². The van der Waals surface area contributed by atoms with Gasteiger partial charge in [0.1, 0.15) is 0 Å². The molecule has 4 rings (SSSR count). The van der Waals surface area contributed by atoms with E-state index in [1.54, 1.807) is 28.4 Å². The number of methoxy groups -OCH3 is 4. The second-order valence-electron chi connectivity index (χ2n) is 7.19. The van der Waals surface area contributed by atoms with Crippen LogP contribution in [0.15, 0.2) is 24.3 Å². The van der Waals surface area contributed by atoms with Gasteiger partial charge in [0.25, 0.3) is 0 Å². The molecule has 0 N–H and O–H groups in total. The molecule has 0 aromatic heterocycles. The van der Waals surface area contributed by atoms with Crippen molar-refractivity contribution in [2.45, 2.75) is 12.8 Å². The summed E-state index contributed by atoms with van der Waals surface area (Å²) >= 11 is 0. The van der Waals surface area contributed by atoms with Crippen LogP contribution in [-0.2, 0) is 17.6 Å². The van der Waals surface area contributed by atoms with Crippen LogP contribution in [0.3, 0.4) is 0 Å². The van der Waals surface area contributed by atoms with Crippen LogP contribution < -0.4 is 18.9 Å². The van der Waals surface area contributed by atoms with E-state index in [1.807, 2.05) is 0 Å². The number of fused-ring (bicyclic) bond motifs is 4. The van der Waals surface area contributed by atoms with Gasteiger partial charge >= 0.3 is 0 Å². The Hall–Kier alpha value is -2.40. The van der Waals surface area contributed by atoms with Crippen LogP contribution in [0.2, 0.25) is 0 Å². The van der Waals surface area contributed by atoms with Crippen LogP contribution in [0.1, 0.15) is 11.1 Å². The smallest absolute Gasteiger partial charge is 0.161 e. The molecule has 2 aromatic carbocycles. The largest absolute Gasteiger partial charge is 0.493 e. The Balaban J connectivity index is 1.96. The summed E-state index contributed by atoms with van der Waals surface area (Å²) in [6.07, 6.45) is 1.93. The molecule has 2 aromatic rings. The fourth-order valence-electron chi connectivity index (χ4n) is 4.34. The van der Waals surface area contributed by atoms with Crippen molar-refractivity contribution in [1.82, 2.24) is 0 Å². The SMILES string of the molecule is COc1cc2c(cc1OC)-c1cc(OC)c(OC)cc1C[C@H]1COC[C@@H]1C2. The normalized spacial score (nSPS) is 20.6. The Morgan fingerprint density at radius 3 is 1.37 bits per heavy atom. The average molecular weight is 370 g/mol. The summed E-state index contributed by atoms with van der Waals surface area (Å²) in [5.41, 5.74) is 4.82. The Morgan fingerprint density at radius 2 is 1.00 bits per heavy atom. The van der Waals surface area contributed by atoms with Crippen LogP contribution in [0.4, 0.5) is 0 Å². The van der Waals surface area contributed by atoms with E-state index in [9.17, 15) is 0 Å². The third-order valence-corrected chi connectivity index (χ3v) is 5.80. The van der Waals surface area contributed by atoms with E-state index in [1.165, 1.54) is 11.1 Å². The lowest BCUT2D eigenvalue weighted by molar-refractivity contribution is 0.180. The minimum atomic E-state index is 0.503. The minimum Gasteiger partial charge on any atom is -0.493 e. The van der Waals surface area contributed by atoms with Gasteiger partial charge in [-0.1, -0.05) is 0 Å². The molecule has 0 amide bonds. The van der Waals surface area contributed by atoms with E-state index < -0.39 is 0 Å². The highest BCUT2D eigenvalue weighted by atomic mass is 16.5. The first-order valence-electron chi connectivity index (χ1n) is 9.26. The van der Waals surface area contributed by atoms with Gasteiger partial charge in [0.15, 0.2) is 23.0 Å². The van der Waals surface area contributed by atoms with Crippen LogP contribution in [0.25, 0.3) is 11.1 Å². The predicted molar refractivity (Wildman–Crippen MR) is 103 cm³/mol. The molecule has 2 aliphatic rings. The first kappa shape index (κ1) is 18.0. The number of hydrogen-bond acceptors (Lipinski definition) is 5. The van der Waals surface area contributed by atoms with Gasteiger partial charge in [-0.25, -0.2) is 0 Å². The van der Waals surface area contributed by atoms with Crippen molar-refractivity contribution in [3.63, 3.8) is 0 Å². The lowest BCUT2D eigenvalue weighted by Gasteiger charge is -2.27. The van der Waals surface area contributed by atoms with Crippen LogP contribution in [0.5, 0.6) is 23.0 Å². The van der Waals surface area contributed by atoms with Gasteiger partial charge in [-0.05, 0) is 71.2 Å². The van der Waals surface area contributed by atoms with Crippen molar-refractivity contribution >= 4 is 0 Å². The standard InChI is InChI=1S/C22H26O5/c1-23-19-7-13-5-15-11-27-12-16(15)6-14-8-20(24-2)22(26-4)10-18(14)17(13)9-21(19)25-3/h7-10,15-16H,5-6,11-12H2,1-4H3/t15-,16-/m0/s1. The molecule has 2 atom stereocenters. The predicted octanol–water partition coefficient (Wildman–Crippen LogP) is 3.75. The summed E-state index contributed by atoms with van der Waals surface area (Å²) in [4.78, 5) is 0. The number of benzene rings is 2. The summed E-state index contributed by atoms with van der Waals surface area (Å²) in [5.74, 6) is 3.99. The Bertz CT molecular complexity index is 776. The summed E-state index contributed by atoms with van der Waals surface area (Å²) in [6.45, 7) is 1.61. The number of hydrogen-bond donors (Lipinski definition) is 0. The van der Waals surface area contributed by atoms with Crippen LogP contribution >= 0.6 is 0 Å². The van der Waals surface area contributed by atoms with Crippen molar-refractivity contribution in [1.29, 1.82) is 0 Å². The van der Waals surface area contributed by atoms with Crippen molar-refractivity contribution in [3.8, 4) is 34.1 Å². The van der Waals surface area contributed by atoms with E-state index in [-0.39, 0.29) is 0 Å². The van der Waals surface area contributed by atoms with E-state index in [0.717, 1.165) is 60.2 Å². The molecule has 1 fully saturated rings. The number of ether oxygens (including phenoxy) is 5. The van der Waals surface area contributed by atoms with Gasteiger partial charge in [0.05, 0.1) is 41.7 Å². The molecule has 27 heavy (non-hydrogen) atoms. The Kier molecular flexibility index (Phi) is 4.87. The summed E-state index contributed by atoms with van der Waals surface area (Å²) in [6, 6.07) is 8.37. The molecular weight excluding hydrogens is 344 g/mol. The van der Waals surface area contributed by atoms with E-state index in [0.29, 0.717) is 11.8 Å². The molecule has 0 saturated carbocycles. The van der Waals surface area contributed by atoms with Crippen LogP contribution in [0, 0.1) is 11.8 Å². The second kappa shape index (κ2) is 7.31. The van der Waals surface area contributed by atoms with Gasteiger partial charge in [-0.15, -0.1) is 0 Å². The fraction of sp³-hybridized carbons (Fsp3) is 0.455. The molecule has 5 heteroatoms. The lowest BCUT2D eigenvalue weighted by Crippen LogP contribution is -2.20. The fourth-order valence-corrected chi connectivity index (χ4v) is 4.34. The molecular formula is C22H26O5. The highest BCUT2D eigenvalue weighted by Gasteiger charge is 2.33. The van der Waals surface area contributed by atoms with E-state index in [4.69, 9.17) is 23.7 Å². The maximum absolute atomic E-state index is 5.82. The van der Waals surface area contributed by atoms with Gasteiger partial charge in [0, 0.05) is 0 Å². The van der Waals surface area contributed by atoms with Crippen molar-refractivity contribution in [2.24, 2.45) is 11.8 Å². The monoisotopic (exact) mass is 370 g/mol. The van der Waals surface area contributed by atoms with Crippen molar-refractivity contribution < 1.29 is 23.7 Å². The highest BCUT2D eigenvalue weighted by molar-refractivity contribution is 5.77. The van der Waals surface area contributed by atoms with Crippen molar-refractivity contribution in [2.75, 3.05) is 41.7 Å². The molecule has 0 bridgehead atoms. The molecule has 1 saturated heterocycles. The van der Waals surface area contributed by atoms with E-state index in [2.05, 4.69) is 24.3 Å². The first-order valence-corrected chi connectivity index (χ1v) is 9.26. The molecule has 0 spiro atoms. The Morgan fingerprint density at radius 1 is 0.630 bits per heavy atom. The Labute approximate surface area is 160 Å². The zero-order chi connectivity index (χ0) is 19.0. The molecule has 1 heterocycles. The highest BCUT2D eigenvalue weighted by Crippen LogP contribution is 2.45. The average Bonchev–Trinajstić information content (AvgIpc) is 3.12. The van der Waals surface area contributed by atoms with Gasteiger partial charge in [0.2, 0.25) is 0 Å². The minimum absolute atomic E-state index is 0.503. The molecule has 5 nitrogen and oxygen atoms in total. The molecule has 1 aliphatic carbocycles. The zero-order valence-electron chi connectivity index (χ0n) is 16.3. The van der Waals surface area contributed by atoms with E-state index >= 15 is 0 Å². The van der Waals surface area contributed by atoms with Crippen LogP contribution in [-0.4, -0.2) is 41.7 Å². The third kappa shape index (κ3) is 3.10. The van der Waals surface area contributed by atoms with Crippen molar-refractivity contribution in [3.05, 3.63) is 35.4 Å². The quantitative estimate of drug-likeness (QED) is 0.820. The summed E-state index contributed by atoms with van der Waals surface area (Å²) in [5, 5.41) is 0. The molecule has 1 aliphatic heterocycles. The first-order chi connectivity index (χ1) is 13.2. The maximum atomic E-state index is 5.82. The summed E-state index contributed by atoms with van der Waals surface area (Å²) < 4.78 is 28.1. The summed E-state index contributed by atoms with van der Waals surface area (Å²) in [7, 11) is 6.69. The lowest BCUT2D eigenvalue weighted by atomic mass is 9.78. The second-order valence-corrected chi connectivity index (χ2v) is 7.19. The zero-order valence-corrected chi connectivity index (χ0v) is 16.3. The number of rotatable bonds is 4. The van der Waals surface area contributed by atoms with Gasteiger partial charge in [-0.3, -0.25) is 0 Å². The molecule has 0 unspecified atom stereocenters. The topological polar surface area (TPSA) is 46.2 Å². The molecule has 0 radical (unpaired) electrons. The molecule has 144 valence electrons. The third-order valence-electron chi connectivity index (χ3n) is 5.80. The maximum Gasteiger partial charge on any atom is 0.161 e. The van der Waals surface area contributed by atoms with Gasteiger partial charge < -0.3 is 23.7 Å².